The van der Waals surface area contributed by atoms with Gasteiger partial charge in [-0.25, -0.2) is 4.79 Å². The van der Waals surface area contributed by atoms with Crippen molar-refractivity contribution in [3.8, 4) is 0 Å². The Hall–Kier alpha value is -3.47. The molecule has 0 radical (unpaired) electrons. The van der Waals surface area contributed by atoms with Crippen LogP contribution in [0.15, 0.2) is 73.1 Å². The number of anilines is 1. The van der Waals surface area contributed by atoms with Crippen LogP contribution in [-0.2, 0) is 22.4 Å². The van der Waals surface area contributed by atoms with E-state index in [1.54, 1.807) is 24.5 Å². The Morgan fingerprint density at radius 2 is 1.70 bits per heavy atom. The highest BCUT2D eigenvalue weighted by Gasteiger charge is 2.30. The van der Waals surface area contributed by atoms with Crippen LogP contribution in [0.2, 0.25) is 0 Å². The van der Waals surface area contributed by atoms with Gasteiger partial charge >= 0.3 is 5.97 Å². The van der Waals surface area contributed by atoms with E-state index in [0.29, 0.717) is 17.7 Å². The van der Waals surface area contributed by atoms with Gasteiger partial charge in [-0.3, -0.25) is 9.78 Å². The number of cyclic esters (lactones) is 1. The van der Waals surface area contributed by atoms with Crippen LogP contribution in [0.1, 0.15) is 27.0 Å². The van der Waals surface area contributed by atoms with Crippen molar-refractivity contribution in [1.29, 1.82) is 0 Å². The standard InChI is InChI=1S/C22H18N2O3/c25-21(20-14-17-3-1-2-4-19(17)22(26)27-20)24-18-7-5-15(6-8-18)13-16-9-11-23-12-10-16/h1-12,20H,13-14H2,(H,24,25). The molecule has 1 atom stereocenters. The summed E-state index contributed by atoms with van der Waals surface area (Å²) in [5, 5.41) is 2.83. The second-order valence-corrected chi connectivity index (χ2v) is 6.47. The largest absolute Gasteiger partial charge is 0.448 e. The highest BCUT2D eigenvalue weighted by atomic mass is 16.5. The average Bonchev–Trinajstić information content (AvgIpc) is 2.70. The predicted octanol–water partition coefficient (Wildman–Crippen LogP) is 3.39. The van der Waals surface area contributed by atoms with Crippen molar-refractivity contribution in [2.45, 2.75) is 18.9 Å². The number of carbonyl (C=O) groups is 2. The number of nitrogens with one attached hydrogen (secondary N) is 1. The summed E-state index contributed by atoms with van der Waals surface area (Å²) in [5.41, 5.74) is 4.35. The highest BCUT2D eigenvalue weighted by Crippen LogP contribution is 2.22. The number of pyridine rings is 1. The summed E-state index contributed by atoms with van der Waals surface area (Å²) in [6, 6.07) is 18.8. The number of amides is 1. The minimum atomic E-state index is -0.816. The second kappa shape index (κ2) is 7.41. The number of hydrogen-bond donors (Lipinski definition) is 1. The Kier molecular flexibility index (Phi) is 4.66. The van der Waals surface area contributed by atoms with Crippen molar-refractivity contribution < 1.29 is 14.3 Å². The summed E-state index contributed by atoms with van der Waals surface area (Å²) < 4.78 is 5.29. The molecule has 27 heavy (non-hydrogen) atoms. The molecule has 0 spiro atoms. The molecule has 2 aromatic carbocycles. The molecule has 0 saturated heterocycles. The van der Waals surface area contributed by atoms with Crippen molar-refractivity contribution in [1.82, 2.24) is 4.98 Å². The molecule has 0 aliphatic carbocycles. The van der Waals surface area contributed by atoms with Crippen molar-refractivity contribution in [2.24, 2.45) is 0 Å². The molecule has 1 N–H and O–H groups in total. The number of carbonyl (C=O) groups excluding carboxylic acids is 2. The van der Waals surface area contributed by atoms with E-state index in [0.717, 1.165) is 17.5 Å². The van der Waals surface area contributed by atoms with Gasteiger partial charge in [0.05, 0.1) is 5.56 Å². The number of fused-ring (bicyclic) bond motifs is 1. The van der Waals surface area contributed by atoms with Gasteiger partial charge in [0.1, 0.15) is 0 Å². The molecule has 4 rings (SSSR count). The lowest BCUT2D eigenvalue weighted by Crippen LogP contribution is -2.37. The number of nitrogens with zero attached hydrogens (tertiary/aromatic N) is 1. The molecule has 1 aliphatic rings. The van der Waals surface area contributed by atoms with Crippen LogP contribution in [0, 0.1) is 0 Å². The van der Waals surface area contributed by atoms with Crippen LogP contribution in [-0.4, -0.2) is 23.0 Å². The van der Waals surface area contributed by atoms with Gasteiger partial charge < -0.3 is 10.1 Å². The summed E-state index contributed by atoms with van der Waals surface area (Å²) in [4.78, 5) is 28.6. The number of esters is 1. The van der Waals surface area contributed by atoms with Gasteiger partial charge in [0, 0.05) is 24.5 Å². The monoisotopic (exact) mass is 358 g/mol. The van der Waals surface area contributed by atoms with Crippen LogP contribution >= 0.6 is 0 Å². The van der Waals surface area contributed by atoms with Gasteiger partial charge in [-0.05, 0) is 53.4 Å². The molecule has 3 aromatic rings. The first-order chi connectivity index (χ1) is 13.2. The lowest BCUT2D eigenvalue weighted by atomic mass is 9.98. The van der Waals surface area contributed by atoms with Crippen LogP contribution in [0.25, 0.3) is 0 Å². The van der Waals surface area contributed by atoms with Crippen molar-refractivity contribution in [3.63, 3.8) is 0 Å². The summed E-state index contributed by atoms with van der Waals surface area (Å²) in [6.07, 6.45) is 3.91. The zero-order valence-electron chi connectivity index (χ0n) is 14.6. The maximum atomic E-state index is 12.5. The number of hydrogen-bond acceptors (Lipinski definition) is 4. The smallest absolute Gasteiger partial charge is 0.339 e. The molecule has 1 aliphatic heterocycles. The average molecular weight is 358 g/mol. The minimum absolute atomic E-state index is 0.320. The molecule has 1 amide bonds. The Balaban J connectivity index is 1.41. The fraction of sp³-hybridized carbons (Fsp3) is 0.136. The first-order valence-electron chi connectivity index (χ1n) is 8.76. The summed E-state index contributed by atoms with van der Waals surface area (Å²) in [6.45, 7) is 0. The molecule has 0 bridgehead atoms. The molecule has 1 unspecified atom stereocenters. The second-order valence-electron chi connectivity index (χ2n) is 6.47. The zero-order valence-corrected chi connectivity index (χ0v) is 14.6. The van der Waals surface area contributed by atoms with Crippen molar-refractivity contribution >= 4 is 17.6 Å². The lowest BCUT2D eigenvalue weighted by Gasteiger charge is -2.23. The third-order valence-electron chi connectivity index (χ3n) is 4.56. The van der Waals surface area contributed by atoms with E-state index < -0.39 is 12.1 Å². The third-order valence-corrected chi connectivity index (χ3v) is 4.56. The van der Waals surface area contributed by atoms with Gasteiger partial charge in [-0.15, -0.1) is 0 Å². The maximum absolute atomic E-state index is 12.5. The topological polar surface area (TPSA) is 68.3 Å². The molecular weight excluding hydrogens is 340 g/mol. The maximum Gasteiger partial charge on any atom is 0.339 e. The molecule has 2 heterocycles. The number of ether oxygens (including phenoxy) is 1. The van der Waals surface area contributed by atoms with E-state index in [1.165, 1.54) is 5.56 Å². The summed E-state index contributed by atoms with van der Waals surface area (Å²) in [7, 11) is 0. The molecule has 0 fully saturated rings. The quantitative estimate of drug-likeness (QED) is 0.726. The van der Waals surface area contributed by atoms with Crippen LogP contribution < -0.4 is 5.32 Å². The lowest BCUT2D eigenvalue weighted by molar-refractivity contribution is -0.125. The fourth-order valence-electron chi connectivity index (χ4n) is 3.14. The van der Waals surface area contributed by atoms with E-state index >= 15 is 0 Å². The van der Waals surface area contributed by atoms with Gasteiger partial charge in [-0.2, -0.15) is 0 Å². The molecule has 0 saturated carbocycles. The molecule has 5 heteroatoms. The Morgan fingerprint density at radius 1 is 1.00 bits per heavy atom. The minimum Gasteiger partial charge on any atom is -0.448 e. The number of aromatic nitrogens is 1. The van der Waals surface area contributed by atoms with Crippen molar-refractivity contribution in [2.75, 3.05) is 5.32 Å². The Bertz CT molecular complexity index is 968. The summed E-state index contributed by atoms with van der Waals surface area (Å²) in [5.74, 6) is -0.774. The van der Waals surface area contributed by atoms with Gasteiger partial charge in [0.2, 0.25) is 0 Å². The zero-order chi connectivity index (χ0) is 18.6. The number of benzene rings is 2. The highest BCUT2D eigenvalue weighted by molar-refractivity contribution is 6.00. The van der Waals surface area contributed by atoms with E-state index in [2.05, 4.69) is 10.3 Å². The van der Waals surface area contributed by atoms with Gasteiger partial charge in [0.25, 0.3) is 5.91 Å². The first kappa shape index (κ1) is 17.0. The van der Waals surface area contributed by atoms with E-state index in [4.69, 9.17) is 4.74 Å². The molecule has 134 valence electrons. The van der Waals surface area contributed by atoms with Gasteiger partial charge in [0.15, 0.2) is 6.10 Å². The fourth-order valence-corrected chi connectivity index (χ4v) is 3.14. The van der Waals surface area contributed by atoms with Crippen molar-refractivity contribution in [3.05, 3.63) is 95.3 Å². The van der Waals surface area contributed by atoms with E-state index in [9.17, 15) is 9.59 Å². The molecular formula is C22H18N2O3. The SMILES string of the molecule is O=C1OC(C(=O)Nc2ccc(Cc3ccncc3)cc2)Cc2ccccc21. The van der Waals surface area contributed by atoms with Crippen LogP contribution in [0.4, 0.5) is 5.69 Å². The normalized spacial score (nSPS) is 15.6. The summed E-state index contributed by atoms with van der Waals surface area (Å²) >= 11 is 0. The van der Waals surface area contributed by atoms with E-state index in [1.807, 2.05) is 48.5 Å². The van der Waals surface area contributed by atoms with E-state index in [-0.39, 0.29) is 5.91 Å². The Morgan fingerprint density at radius 3 is 2.48 bits per heavy atom. The predicted molar refractivity (Wildman–Crippen MR) is 101 cm³/mol. The third kappa shape index (κ3) is 3.87. The molecule has 5 nitrogen and oxygen atoms in total. The van der Waals surface area contributed by atoms with Crippen LogP contribution in [0.3, 0.4) is 0 Å². The Labute approximate surface area is 157 Å². The number of rotatable bonds is 4. The first-order valence-corrected chi connectivity index (χ1v) is 8.76. The van der Waals surface area contributed by atoms with Gasteiger partial charge in [-0.1, -0.05) is 30.3 Å². The molecule has 1 aromatic heterocycles. The van der Waals surface area contributed by atoms with Crippen LogP contribution in [0.5, 0.6) is 0 Å².